The molecule has 5 rings (SSSR count). The molecule has 0 bridgehead atoms. The first-order valence-electron chi connectivity index (χ1n) is 9.19. The number of para-hydroxylation sites is 1. The van der Waals surface area contributed by atoms with Crippen LogP contribution in [0, 0.1) is 0 Å². The zero-order valence-corrected chi connectivity index (χ0v) is 17.5. The van der Waals surface area contributed by atoms with Gasteiger partial charge in [0.1, 0.15) is 11.1 Å². The summed E-state index contributed by atoms with van der Waals surface area (Å²) < 4.78 is 42.5. The summed E-state index contributed by atoms with van der Waals surface area (Å²) in [5, 5.41) is 7.07. The van der Waals surface area contributed by atoms with Crippen LogP contribution in [0.3, 0.4) is 0 Å². The fourth-order valence-corrected chi connectivity index (χ4v) is 4.38. The lowest BCUT2D eigenvalue weighted by atomic mass is 10.1. The minimum absolute atomic E-state index is 0.0757. The average Bonchev–Trinajstić information content (AvgIpc) is 3.37. The van der Waals surface area contributed by atoms with Gasteiger partial charge >= 0.3 is 6.18 Å². The SMILES string of the molecule is O=C(Nc1nc2c(Cl)cccc2s1)c1cnn2c(C(F)(F)F)cc(-c3ccccc3)nc12. The van der Waals surface area contributed by atoms with E-state index in [9.17, 15) is 18.0 Å². The number of benzene rings is 2. The van der Waals surface area contributed by atoms with Gasteiger partial charge in [-0.25, -0.2) is 14.5 Å². The predicted octanol–water partition coefficient (Wildman–Crippen LogP) is 5.93. The third-order valence-corrected chi connectivity index (χ3v) is 5.91. The van der Waals surface area contributed by atoms with Gasteiger partial charge in [0.25, 0.3) is 5.91 Å². The van der Waals surface area contributed by atoms with E-state index in [1.165, 1.54) is 11.3 Å². The van der Waals surface area contributed by atoms with Crippen molar-refractivity contribution in [2.45, 2.75) is 6.18 Å². The van der Waals surface area contributed by atoms with Crippen molar-refractivity contribution in [1.82, 2.24) is 19.6 Å². The molecular weight excluding hydrogens is 463 g/mol. The molecule has 11 heteroatoms. The molecule has 0 aliphatic carbocycles. The summed E-state index contributed by atoms with van der Waals surface area (Å²) in [6, 6.07) is 14.5. The second kappa shape index (κ2) is 7.57. The summed E-state index contributed by atoms with van der Waals surface area (Å²) in [5.74, 6) is -0.680. The van der Waals surface area contributed by atoms with Crippen molar-refractivity contribution in [2.24, 2.45) is 0 Å². The molecule has 0 spiro atoms. The summed E-state index contributed by atoms with van der Waals surface area (Å²) >= 11 is 7.32. The number of aromatic nitrogens is 4. The average molecular weight is 474 g/mol. The van der Waals surface area contributed by atoms with Crippen LogP contribution in [0.5, 0.6) is 0 Å². The molecule has 0 fully saturated rings. The lowest BCUT2D eigenvalue weighted by Crippen LogP contribution is -2.15. The number of thiazole rings is 1. The van der Waals surface area contributed by atoms with Crippen LogP contribution >= 0.6 is 22.9 Å². The Bertz CT molecular complexity index is 1480. The number of anilines is 1. The fraction of sp³-hybridized carbons (Fsp3) is 0.0476. The number of carbonyl (C=O) groups excluding carboxylic acids is 1. The van der Waals surface area contributed by atoms with Gasteiger partial charge in [-0.15, -0.1) is 0 Å². The standard InChI is InChI=1S/C21H11ClF3N5OS/c22-13-7-4-8-15-17(13)28-20(32-15)29-19(31)12-10-26-30-16(21(23,24)25)9-14(27-18(12)30)11-5-2-1-3-6-11/h1-10H,(H,28,29,31). The maximum absolute atomic E-state index is 13.7. The summed E-state index contributed by atoms with van der Waals surface area (Å²) in [6.07, 6.45) is -3.64. The van der Waals surface area contributed by atoms with Crippen molar-refractivity contribution in [1.29, 1.82) is 0 Å². The molecule has 160 valence electrons. The zero-order valence-electron chi connectivity index (χ0n) is 15.9. The molecule has 2 aromatic carbocycles. The molecule has 0 saturated heterocycles. The van der Waals surface area contributed by atoms with Crippen LogP contribution in [0.2, 0.25) is 5.02 Å². The minimum atomic E-state index is -4.70. The molecule has 1 amide bonds. The van der Waals surface area contributed by atoms with Crippen LogP contribution in [0.1, 0.15) is 16.1 Å². The summed E-state index contributed by atoms with van der Waals surface area (Å²) in [4.78, 5) is 21.5. The number of carbonyl (C=O) groups is 1. The first-order chi connectivity index (χ1) is 15.3. The molecule has 0 saturated carbocycles. The highest BCUT2D eigenvalue weighted by molar-refractivity contribution is 7.22. The van der Waals surface area contributed by atoms with E-state index in [0.717, 1.165) is 17.0 Å². The summed E-state index contributed by atoms with van der Waals surface area (Å²) in [7, 11) is 0. The highest BCUT2D eigenvalue weighted by atomic mass is 35.5. The van der Waals surface area contributed by atoms with Crippen molar-refractivity contribution in [3.05, 3.63) is 77.1 Å². The maximum atomic E-state index is 13.7. The Morgan fingerprint density at radius 3 is 2.56 bits per heavy atom. The number of alkyl halides is 3. The van der Waals surface area contributed by atoms with Crippen LogP contribution < -0.4 is 5.32 Å². The molecule has 32 heavy (non-hydrogen) atoms. The Morgan fingerprint density at radius 2 is 1.84 bits per heavy atom. The van der Waals surface area contributed by atoms with Crippen LogP contribution in [0.25, 0.3) is 27.1 Å². The van der Waals surface area contributed by atoms with E-state index in [0.29, 0.717) is 20.6 Å². The second-order valence-electron chi connectivity index (χ2n) is 6.74. The number of fused-ring (bicyclic) bond motifs is 2. The van der Waals surface area contributed by atoms with Gasteiger partial charge in [-0.1, -0.05) is 59.3 Å². The van der Waals surface area contributed by atoms with Crippen LogP contribution in [0.15, 0.2) is 60.8 Å². The number of nitrogens with one attached hydrogen (secondary N) is 1. The Labute approximate surface area is 187 Å². The first kappa shape index (κ1) is 20.4. The van der Waals surface area contributed by atoms with Gasteiger partial charge in [-0.2, -0.15) is 18.3 Å². The van der Waals surface area contributed by atoms with Crippen molar-refractivity contribution >= 4 is 49.8 Å². The zero-order chi connectivity index (χ0) is 22.5. The fourth-order valence-electron chi connectivity index (χ4n) is 3.21. The van der Waals surface area contributed by atoms with E-state index in [1.54, 1.807) is 48.5 Å². The van der Waals surface area contributed by atoms with Gasteiger partial charge in [-0.3, -0.25) is 10.1 Å². The van der Waals surface area contributed by atoms with E-state index in [-0.39, 0.29) is 22.0 Å². The molecule has 0 aliphatic heterocycles. The third-order valence-electron chi connectivity index (χ3n) is 4.67. The number of rotatable bonds is 3. The lowest BCUT2D eigenvalue weighted by molar-refractivity contribution is -0.142. The van der Waals surface area contributed by atoms with E-state index < -0.39 is 17.8 Å². The molecule has 3 aromatic heterocycles. The van der Waals surface area contributed by atoms with Gasteiger partial charge in [0, 0.05) is 5.56 Å². The van der Waals surface area contributed by atoms with Gasteiger partial charge < -0.3 is 0 Å². The van der Waals surface area contributed by atoms with E-state index in [2.05, 4.69) is 20.4 Å². The van der Waals surface area contributed by atoms with Crippen LogP contribution in [-0.4, -0.2) is 25.5 Å². The third kappa shape index (κ3) is 3.57. The second-order valence-corrected chi connectivity index (χ2v) is 8.18. The van der Waals surface area contributed by atoms with Gasteiger partial charge in [0.15, 0.2) is 16.5 Å². The molecule has 6 nitrogen and oxygen atoms in total. The minimum Gasteiger partial charge on any atom is -0.298 e. The molecule has 0 aliphatic rings. The van der Waals surface area contributed by atoms with Gasteiger partial charge in [-0.05, 0) is 18.2 Å². The molecule has 1 N–H and O–H groups in total. The molecule has 5 aromatic rings. The maximum Gasteiger partial charge on any atom is 0.433 e. The largest absolute Gasteiger partial charge is 0.433 e. The number of hydrogen-bond donors (Lipinski definition) is 1. The number of nitrogens with zero attached hydrogens (tertiary/aromatic N) is 4. The number of halogens is 4. The van der Waals surface area contributed by atoms with Crippen molar-refractivity contribution < 1.29 is 18.0 Å². The molecular formula is C21H11ClF3N5OS. The number of hydrogen-bond acceptors (Lipinski definition) is 5. The Morgan fingerprint density at radius 1 is 1.06 bits per heavy atom. The van der Waals surface area contributed by atoms with Crippen LogP contribution in [0.4, 0.5) is 18.3 Å². The smallest absolute Gasteiger partial charge is 0.298 e. The van der Waals surface area contributed by atoms with Gasteiger partial charge in [0.2, 0.25) is 0 Å². The first-order valence-corrected chi connectivity index (χ1v) is 10.4. The quantitative estimate of drug-likeness (QED) is 0.352. The van der Waals surface area contributed by atoms with Crippen molar-refractivity contribution in [3.63, 3.8) is 0 Å². The predicted molar refractivity (Wildman–Crippen MR) is 116 cm³/mol. The molecule has 0 atom stereocenters. The lowest BCUT2D eigenvalue weighted by Gasteiger charge is -2.11. The van der Waals surface area contributed by atoms with Crippen LogP contribution in [-0.2, 0) is 6.18 Å². The Balaban J connectivity index is 1.60. The van der Waals surface area contributed by atoms with E-state index in [4.69, 9.17) is 11.6 Å². The Kier molecular flexibility index (Phi) is 4.83. The topological polar surface area (TPSA) is 72.2 Å². The van der Waals surface area contributed by atoms with E-state index >= 15 is 0 Å². The highest BCUT2D eigenvalue weighted by Crippen LogP contribution is 2.34. The summed E-state index contributed by atoms with van der Waals surface area (Å²) in [6.45, 7) is 0. The normalized spacial score (nSPS) is 11.9. The molecule has 0 unspecified atom stereocenters. The summed E-state index contributed by atoms with van der Waals surface area (Å²) in [5.41, 5.74) is -0.278. The molecule has 3 heterocycles. The number of amides is 1. The highest BCUT2D eigenvalue weighted by Gasteiger charge is 2.36. The van der Waals surface area contributed by atoms with Crippen molar-refractivity contribution in [2.75, 3.05) is 5.32 Å². The molecule has 0 radical (unpaired) electrons. The van der Waals surface area contributed by atoms with Crippen molar-refractivity contribution in [3.8, 4) is 11.3 Å². The van der Waals surface area contributed by atoms with Gasteiger partial charge in [0.05, 0.1) is 21.6 Å². The monoisotopic (exact) mass is 473 g/mol. The Hall–Kier alpha value is -3.50. The van der Waals surface area contributed by atoms with E-state index in [1.807, 2.05) is 0 Å².